The van der Waals surface area contributed by atoms with Crippen molar-refractivity contribution in [3.63, 3.8) is 0 Å². The van der Waals surface area contributed by atoms with Gasteiger partial charge in [-0.3, -0.25) is 4.90 Å². The van der Waals surface area contributed by atoms with Gasteiger partial charge in [-0.2, -0.15) is 17.0 Å². The lowest BCUT2D eigenvalue weighted by molar-refractivity contribution is 0.232. The summed E-state index contributed by atoms with van der Waals surface area (Å²) in [6.45, 7) is 7.72. The van der Waals surface area contributed by atoms with Gasteiger partial charge in [-0.1, -0.05) is 6.92 Å². The molecule has 2 aliphatic rings. The van der Waals surface area contributed by atoms with Crippen LogP contribution >= 0.6 is 0 Å². The zero-order valence-corrected chi connectivity index (χ0v) is 13.5. The minimum absolute atomic E-state index is 0.380. The molecule has 0 radical (unpaired) electrons. The molecule has 1 unspecified atom stereocenters. The summed E-state index contributed by atoms with van der Waals surface area (Å²) in [6, 6.07) is 0.380. The lowest BCUT2D eigenvalue weighted by Gasteiger charge is -2.30. The summed E-state index contributed by atoms with van der Waals surface area (Å²) in [5, 5.41) is 3.24. The average Bonchev–Trinajstić information content (AvgIpc) is 2.70. The molecule has 0 aromatic heterocycles. The van der Waals surface area contributed by atoms with Gasteiger partial charge in [0.05, 0.1) is 0 Å². The Morgan fingerprint density at radius 2 is 2.00 bits per heavy atom. The maximum Gasteiger partial charge on any atom is 0.281 e. The topological polar surface area (TPSA) is 55.9 Å². The van der Waals surface area contributed by atoms with E-state index in [9.17, 15) is 8.42 Å². The van der Waals surface area contributed by atoms with Gasteiger partial charge in [0.25, 0.3) is 10.2 Å². The van der Waals surface area contributed by atoms with E-state index in [1.165, 1.54) is 6.42 Å². The number of nitrogens with zero attached hydrogens (tertiary/aromatic N) is 3. The second-order valence-corrected chi connectivity index (χ2v) is 7.75. The monoisotopic (exact) mass is 304 g/mol. The molecule has 0 spiro atoms. The summed E-state index contributed by atoms with van der Waals surface area (Å²) >= 11 is 0. The summed E-state index contributed by atoms with van der Waals surface area (Å²) in [7, 11) is -1.58. The van der Waals surface area contributed by atoms with Crippen molar-refractivity contribution in [2.75, 3.05) is 52.9 Å². The molecule has 1 N–H and O–H groups in total. The zero-order chi connectivity index (χ0) is 14.6. The van der Waals surface area contributed by atoms with Crippen molar-refractivity contribution in [2.45, 2.75) is 32.2 Å². The molecule has 6 nitrogen and oxygen atoms in total. The van der Waals surface area contributed by atoms with Crippen molar-refractivity contribution in [3.8, 4) is 0 Å². The van der Waals surface area contributed by atoms with Crippen molar-refractivity contribution in [2.24, 2.45) is 0 Å². The fourth-order valence-electron chi connectivity index (χ4n) is 3.16. The first-order chi connectivity index (χ1) is 9.55. The van der Waals surface area contributed by atoms with E-state index in [4.69, 9.17) is 0 Å². The fraction of sp³-hybridized carbons (Fsp3) is 1.00. The number of likely N-dealkylation sites (tertiary alicyclic amines) is 1. The highest BCUT2D eigenvalue weighted by Gasteiger charge is 2.31. The quantitative estimate of drug-likeness (QED) is 0.773. The molecule has 2 saturated heterocycles. The van der Waals surface area contributed by atoms with Crippen LogP contribution in [0.2, 0.25) is 0 Å². The molecule has 2 aliphatic heterocycles. The van der Waals surface area contributed by atoms with E-state index in [0.717, 1.165) is 39.0 Å². The fourth-order valence-corrected chi connectivity index (χ4v) is 4.59. The molecular formula is C13H28N4O2S. The van der Waals surface area contributed by atoms with E-state index in [-0.39, 0.29) is 0 Å². The molecule has 118 valence electrons. The molecule has 1 atom stereocenters. The molecule has 2 heterocycles. The van der Waals surface area contributed by atoms with Crippen molar-refractivity contribution >= 4 is 10.2 Å². The molecular weight excluding hydrogens is 276 g/mol. The number of likely N-dealkylation sites (N-methyl/N-ethyl adjacent to an activating group) is 2. The first kappa shape index (κ1) is 16.2. The number of rotatable bonds is 5. The molecule has 0 bridgehead atoms. The van der Waals surface area contributed by atoms with Gasteiger partial charge in [-0.15, -0.1) is 0 Å². The number of nitrogens with one attached hydrogen (secondary N) is 1. The Labute approximate surface area is 123 Å². The molecule has 0 saturated carbocycles. The first-order valence-electron chi connectivity index (χ1n) is 7.72. The van der Waals surface area contributed by atoms with Gasteiger partial charge in [0, 0.05) is 39.3 Å². The van der Waals surface area contributed by atoms with Crippen LogP contribution in [0, 0.1) is 0 Å². The van der Waals surface area contributed by atoms with Gasteiger partial charge in [-0.25, -0.2) is 0 Å². The first-order valence-corrected chi connectivity index (χ1v) is 9.11. The van der Waals surface area contributed by atoms with Gasteiger partial charge < -0.3 is 5.32 Å². The van der Waals surface area contributed by atoms with Crippen molar-refractivity contribution in [1.82, 2.24) is 18.8 Å². The van der Waals surface area contributed by atoms with Crippen molar-refractivity contribution < 1.29 is 8.42 Å². The van der Waals surface area contributed by atoms with Gasteiger partial charge in [0.1, 0.15) is 0 Å². The molecule has 20 heavy (non-hydrogen) atoms. The van der Waals surface area contributed by atoms with E-state index in [0.29, 0.717) is 25.7 Å². The molecule has 7 heteroatoms. The standard InChI is InChI=1S/C13H28N4O2S/c1-3-16-9-4-6-13(16)12-15(2)20(18,19)17-10-5-7-14-8-11-17/h13-14H,3-12H2,1-2H3. The third-order valence-electron chi connectivity index (χ3n) is 4.39. The maximum atomic E-state index is 12.6. The molecule has 0 amide bonds. The van der Waals surface area contributed by atoms with Crippen molar-refractivity contribution in [1.29, 1.82) is 0 Å². The van der Waals surface area contributed by atoms with Gasteiger partial charge in [-0.05, 0) is 38.9 Å². The summed E-state index contributed by atoms with van der Waals surface area (Å²) in [5.41, 5.74) is 0. The van der Waals surface area contributed by atoms with E-state index in [1.807, 2.05) is 0 Å². The van der Waals surface area contributed by atoms with Crippen LogP contribution in [-0.2, 0) is 10.2 Å². The molecule has 2 rings (SSSR count). The van der Waals surface area contributed by atoms with Gasteiger partial charge >= 0.3 is 0 Å². The SMILES string of the molecule is CCN1CCCC1CN(C)S(=O)(=O)N1CCCNCC1. The van der Waals surface area contributed by atoms with Crippen LogP contribution in [0.5, 0.6) is 0 Å². The predicted molar refractivity (Wildman–Crippen MR) is 80.9 cm³/mol. The third-order valence-corrected chi connectivity index (χ3v) is 6.35. The summed E-state index contributed by atoms with van der Waals surface area (Å²) in [6.07, 6.45) is 3.17. The zero-order valence-electron chi connectivity index (χ0n) is 12.7. The number of hydrogen-bond acceptors (Lipinski definition) is 4. The van der Waals surface area contributed by atoms with Crippen LogP contribution in [0.1, 0.15) is 26.2 Å². The van der Waals surface area contributed by atoms with Crippen LogP contribution in [0.15, 0.2) is 0 Å². The lowest BCUT2D eigenvalue weighted by atomic mass is 10.2. The number of hydrogen-bond donors (Lipinski definition) is 1. The third kappa shape index (κ3) is 3.71. The van der Waals surface area contributed by atoms with Crippen LogP contribution in [0.3, 0.4) is 0 Å². The summed E-state index contributed by atoms with van der Waals surface area (Å²) in [5.74, 6) is 0. The van der Waals surface area contributed by atoms with Crippen LogP contribution in [0.25, 0.3) is 0 Å². The lowest BCUT2D eigenvalue weighted by Crippen LogP contribution is -2.48. The maximum absolute atomic E-state index is 12.6. The minimum atomic E-state index is -3.30. The van der Waals surface area contributed by atoms with E-state index in [2.05, 4.69) is 17.1 Å². The molecule has 0 aliphatic carbocycles. The van der Waals surface area contributed by atoms with Crippen molar-refractivity contribution in [3.05, 3.63) is 0 Å². The predicted octanol–water partition coefficient (Wildman–Crippen LogP) is -0.0574. The Morgan fingerprint density at radius 1 is 1.20 bits per heavy atom. The second-order valence-electron chi connectivity index (χ2n) is 5.72. The molecule has 0 aromatic rings. The normalized spacial score (nSPS) is 27.1. The Kier molecular flexibility index (Phi) is 5.80. The smallest absolute Gasteiger partial charge is 0.281 e. The highest BCUT2D eigenvalue weighted by Crippen LogP contribution is 2.19. The minimum Gasteiger partial charge on any atom is -0.315 e. The van der Waals surface area contributed by atoms with Crippen LogP contribution in [0.4, 0.5) is 0 Å². The highest BCUT2D eigenvalue weighted by atomic mass is 32.2. The van der Waals surface area contributed by atoms with Gasteiger partial charge in [0.2, 0.25) is 0 Å². The Morgan fingerprint density at radius 3 is 2.75 bits per heavy atom. The Hall–Kier alpha value is -0.210. The Bertz CT molecular complexity index is 393. The highest BCUT2D eigenvalue weighted by molar-refractivity contribution is 7.86. The molecule has 0 aromatic carbocycles. The van der Waals surface area contributed by atoms with Crippen LogP contribution in [-0.4, -0.2) is 80.8 Å². The van der Waals surface area contributed by atoms with E-state index >= 15 is 0 Å². The second kappa shape index (κ2) is 7.17. The van der Waals surface area contributed by atoms with Gasteiger partial charge in [0.15, 0.2) is 0 Å². The van der Waals surface area contributed by atoms with E-state index < -0.39 is 10.2 Å². The molecule has 2 fully saturated rings. The average molecular weight is 304 g/mol. The summed E-state index contributed by atoms with van der Waals surface area (Å²) in [4.78, 5) is 2.38. The van der Waals surface area contributed by atoms with Crippen LogP contribution < -0.4 is 5.32 Å². The largest absolute Gasteiger partial charge is 0.315 e. The van der Waals surface area contributed by atoms with E-state index in [1.54, 1.807) is 15.7 Å². The summed E-state index contributed by atoms with van der Waals surface area (Å²) < 4.78 is 28.4. The Balaban J connectivity index is 1.97.